The van der Waals surface area contributed by atoms with E-state index in [1.54, 1.807) is 30.6 Å². The molecule has 3 heterocycles. The van der Waals surface area contributed by atoms with Gasteiger partial charge in [0.15, 0.2) is 5.65 Å². The van der Waals surface area contributed by atoms with Crippen molar-refractivity contribution < 1.29 is 23.1 Å². The fourth-order valence-electron chi connectivity index (χ4n) is 4.25. The minimum atomic E-state index is -4.62. The highest BCUT2D eigenvalue weighted by Crippen LogP contribution is 2.38. The van der Waals surface area contributed by atoms with Gasteiger partial charge in [0.25, 0.3) is 5.91 Å². The molecule has 0 aliphatic heterocycles. The Balaban J connectivity index is 1.62. The number of amides is 1. The molecule has 0 bridgehead atoms. The molecule has 0 saturated carbocycles. The Labute approximate surface area is 209 Å². The molecular weight excluding hydrogens is 483 g/mol. The molecule has 0 spiro atoms. The molecule has 10 heteroatoms. The maximum Gasteiger partial charge on any atom is 0.417 e. The van der Waals surface area contributed by atoms with Crippen molar-refractivity contribution in [2.24, 2.45) is 7.05 Å². The summed E-state index contributed by atoms with van der Waals surface area (Å²) >= 11 is 0. The Morgan fingerprint density at radius 1 is 1.03 bits per heavy atom. The molecule has 2 aromatic carbocycles. The number of anilines is 1. The van der Waals surface area contributed by atoms with Gasteiger partial charge in [0.2, 0.25) is 0 Å². The number of carbonyl (C=O) groups is 1. The van der Waals surface area contributed by atoms with Crippen LogP contribution in [0, 0.1) is 0 Å². The van der Waals surface area contributed by atoms with Crippen molar-refractivity contribution in [3.05, 3.63) is 96.1 Å². The molecule has 1 atom stereocenters. The Morgan fingerprint density at radius 2 is 1.78 bits per heavy atom. The van der Waals surface area contributed by atoms with Gasteiger partial charge in [0.05, 0.1) is 34.9 Å². The predicted molar refractivity (Wildman–Crippen MR) is 133 cm³/mol. The number of alkyl halides is 3. The van der Waals surface area contributed by atoms with E-state index < -0.39 is 23.8 Å². The molecule has 5 rings (SSSR count). The van der Waals surface area contributed by atoms with Gasteiger partial charge in [-0.05, 0) is 42.8 Å². The van der Waals surface area contributed by atoms with Crippen molar-refractivity contribution in [1.29, 1.82) is 0 Å². The lowest BCUT2D eigenvalue weighted by Gasteiger charge is -2.16. The first kappa shape index (κ1) is 24.3. The minimum absolute atomic E-state index is 0.0250. The van der Waals surface area contributed by atoms with Crippen molar-refractivity contribution in [2.75, 3.05) is 5.32 Å². The molecule has 2 N–H and O–H groups in total. The predicted octanol–water partition coefficient (Wildman–Crippen LogP) is 5.73. The third-order valence-corrected chi connectivity index (χ3v) is 6.04. The van der Waals surface area contributed by atoms with Crippen molar-refractivity contribution in [3.8, 4) is 22.4 Å². The maximum absolute atomic E-state index is 13.7. The number of fused-ring (bicyclic) bond motifs is 1. The maximum atomic E-state index is 13.7. The van der Waals surface area contributed by atoms with Gasteiger partial charge in [-0.2, -0.15) is 18.3 Å². The first-order valence-corrected chi connectivity index (χ1v) is 11.4. The number of halogens is 3. The molecule has 0 saturated heterocycles. The number of benzene rings is 2. The topological polar surface area (TPSA) is 84.5 Å². The normalized spacial score (nSPS) is 12.6. The van der Waals surface area contributed by atoms with E-state index in [4.69, 9.17) is 0 Å². The molecule has 0 aliphatic rings. The number of imidazole rings is 1. The van der Waals surface area contributed by atoms with Crippen LogP contribution in [0.4, 0.5) is 18.9 Å². The first-order chi connectivity index (χ1) is 17.6. The molecule has 0 unspecified atom stereocenters. The van der Waals surface area contributed by atoms with Crippen LogP contribution in [0.15, 0.2) is 79.3 Å². The van der Waals surface area contributed by atoms with Crippen molar-refractivity contribution in [1.82, 2.24) is 19.2 Å². The summed E-state index contributed by atoms with van der Waals surface area (Å²) in [4.78, 5) is 17.8. The highest BCUT2D eigenvalue weighted by Gasteiger charge is 2.34. The van der Waals surface area contributed by atoms with Crippen LogP contribution < -0.4 is 5.32 Å². The zero-order valence-corrected chi connectivity index (χ0v) is 19.9. The van der Waals surface area contributed by atoms with Gasteiger partial charge in [-0.3, -0.25) is 13.9 Å². The Kier molecular flexibility index (Phi) is 6.04. The number of pyridine rings is 1. The number of hydrogen-bond donors (Lipinski definition) is 2. The van der Waals surface area contributed by atoms with E-state index in [0.29, 0.717) is 22.6 Å². The summed E-state index contributed by atoms with van der Waals surface area (Å²) in [7, 11) is 1.60. The highest BCUT2D eigenvalue weighted by molar-refractivity contribution is 6.09. The summed E-state index contributed by atoms with van der Waals surface area (Å²) in [6.45, 7) is 1.61. The van der Waals surface area contributed by atoms with E-state index in [1.165, 1.54) is 29.2 Å². The van der Waals surface area contributed by atoms with E-state index in [9.17, 15) is 23.1 Å². The van der Waals surface area contributed by atoms with Gasteiger partial charge in [-0.15, -0.1) is 0 Å². The van der Waals surface area contributed by atoms with Crippen molar-refractivity contribution in [3.63, 3.8) is 0 Å². The third-order valence-electron chi connectivity index (χ3n) is 6.04. The van der Waals surface area contributed by atoms with Gasteiger partial charge in [0.1, 0.15) is 0 Å². The molecule has 5 aromatic rings. The molecule has 3 aromatic heterocycles. The smallest absolute Gasteiger partial charge is 0.387 e. The average molecular weight is 506 g/mol. The molecule has 1 amide bonds. The molecule has 7 nitrogen and oxygen atoms in total. The molecule has 188 valence electrons. The highest BCUT2D eigenvalue weighted by atomic mass is 19.4. The number of aliphatic hydroxyl groups is 1. The van der Waals surface area contributed by atoms with Crippen LogP contribution in [0.2, 0.25) is 0 Å². The summed E-state index contributed by atoms with van der Waals surface area (Å²) in [6.07, 6.45) is -0.632. The number of aryl methyl sites for hydroxylation is 1. The number of aromatic nitrogens is 4. The van der Waals surface area contributed by atoms with Crippen LogP contribution in [0.1, 0.15) is 34.6 Å². The van der Waals surface area contributed by atoms with Crippen LogP contribution in [-0.4, -0.2) is 30.2 Å². The molecular formula is C27H22F3N5O2. The lowest BCUT2D eigenvalue weighted by Crippen LogP contribution is -2.15. The van der Waals surface area contributed by atoms with Crippen LogP contribution in [0.5, 0.6) is 0 Å². The van der Waals surface area contributed by atoms with Crippen molar-refractivity contribution in [2.45, 2.75) is 19.2 Å². The Morgan fingerprint density at radius 3 is 2.43 bits per heavy atom. The van der Waals surface area contributed by atoms with Crippen LogP contribution >= 0.6 is 0 Å². The average Bonchev–Trinajstić information content (AvgIpc) is 3.50. The Hall–Kier alpha value is -4.44. The van der Waals surface area contributed by atoms with Gasteiger partial charge in [0, 0.05) is 36.1 Å². The molecule has 0 aliphatic carbocycles. The second-order valence-electron chi connectivity index (χ2n) is 8.61. The van der Waals surface area contributed by atoms with Gasteiger partial charge >= 0.3 is 6.18 Å². The van der Waals surface area contributed by atoms with Crippen LogP contribution in [0.25, 0.3) is 28.0 Å². The summed E-state index contributed by atoms with van der Waals surface area (Å²) < 4.78 is 44.3. The second kappa shape index (κ2) is 9.21. The minimum Gasteiger partial charge on any atom is -0.387 e. The Bertz CT molecular complexity index is 1600. The van der Waals surface area contributed by atoms with E-state index in [-0.39, 0.29) is 16.8 Å². The number of nitrogens with one attached hydrogen (secondary N) is 1. The zero-order valence-electron chi connectivity index (χ0n) is 19.9. The SMILES string of the molecule is C[C@H](O)c1cnc2c(NC(=O)c3ccc(C(F)(F)F)c(-c4ccn(C)n4)c3)c(-c3ccccc3)ccn12. The fraction of sp³-hybridized carbons (Fsp3) is 0.148. The molecule has 0 fully saturated rings. The third kappa shape index (κ3) is 4.58. The zero-order chi connectivity index (χ0) is 26.3. The standard InChI is InChI=1S/C27H22F3N5O2/c1-16(36)23-15-31-25-24(19(10-13-35(23)25)17-6-4-3-5-7-17)32-26(37)18-8-9-21(27(28,29)30)20(14-18)22-11-12-34(2)33-22/h3-16,36H,1-2H3,(H,32,37)/t16-/m0/s1. The number of aliphatic hydroxyl groups excluding tert-OH is 1. The van der Waals surface area contributed by atoms with Crippen molar-refractivity contribution >= 4 is 17.2 Å². The van der Waals surface area contributed by atoms with Crippen LogP contribution in [-0.2, 0) is 13.2 Å². The number of hydrogen-bond acceptors (Lipinski definition) is 4. The summed E-state index contributed by atoms with van der Waals surface area (Å²) in [5, 5.41) is 17.1. The van der Waals surface area contributed by atoms with E-state index >= 15 is 0 Å². The fourth-order valence-corrected chi connectivity index (χ4v) is 4.25. The summed E-state index contributed by atoms with van der Waals surface area (Å²) in [5.74, 6) is -0.613. The molecule has 37 heavy (non-hydrogen) atoms. The quantitative estimate of drug-likeness (QED) is 0.320. The number of nitrogens with zero attached hydrogens (tertiary/aromatic N) is 4. The van der Waals surface area contributed by atoms with E-state index in [0.717, 1.165) is 17.7 Å². The van der Waals surface area contributed by atoms with Crippen LogP contribution in [0.3, 0.4) is 0 Å². The number of rotatable bonds is 5. The van der Waals surface area contributed by atoms with Gasteiger partial charge in [-0.25, -0.2) is 4.98 Å². The van der Waals surface area contributed by atoms with Gasteiger partial charge < -0.3 is 10.4 Å². The monoisotopic (exact) mass is 505 g/mol. The summed E-state index contributed by atoms with van der Waals surface area (Å²) in [6, 6.07) is 15.8. The van der Waals surface area contributed by atoms with Gasteiger partial charge in [-0.1, -0.05) is 30.3 Å². The lowest BCUT2D eigenvalue weighted by atomic mass is 10.00. The van der Waals surface area contributed by atoms with E-state index in [2.05, 4.69) is 15.4 Å². The first-order valence-electron chi connectivity index (χ1n) is 11.4. The lowest BCUT2D eigenvalue weighted by molar-refractivity contribution is -0.137. The molecule has 0 radical (unpaired) electrons. The largest absolute Gasteiger partial charge is 0.417 e. The summed E-state index contributed by atoms with van der Waals surface area (Å²) in [5.41, 5.74) is 1.81. The number of carbonyl (C=O) groups excluding carboxylic acids is 1. The van der Waals surface area contributed by atoms with E-state index in [1.807, 2.05) is 30.3 Å². The second-order valence-corrected chi connectivity index (χ2v) is 8.61.